The van der Waals surface area contributed by atoms with Crippen LogP contribution in [0, 0.1) is 0 Å². The van der Waals surface area contributed by atoms with E-state index < -0.39 is 0 Å². The Morgan fingerprint density at radius 3 is 1.82 bits per heavy atom. The van der Waals surface area contributed by atoms with Crippen LogP contribution in [0.25, 0.3) is 0 Å². The molecular formula is C16H29N. The fourth-order valence-corrected chi connectivity index (χ4v) is 1.88. The second kappa shape index (κ2) is 9.23. The summed E-state index contributed by atoms with van der Waals surface area (Å²) in [5, 5.41) is 3.37. The zero-order chi connectivity index (χ0) is 13.3. The van der Waals surface area contributed by atoms with Crippen LogP contribution in [0.3, 0.4) is 0 Å². The molecule has 1 rings (SSSR count). The lowest BCUT2D eigenvalue weighted by Gasteiger charge is -2.16. The molecule has 1 aromatic carbocycles. The van der Waals surface area contributed by atoms with Gasteiger partial charge in [0.05, 0.1) is 0 Å². The van der Waals surface area contributed by atoms with E-state index in [0.717, 1.165) is 0 Å². The lowest BCUT2D eigenvalue weighted by molar-refractivity contribution is 0.541. The van der Waals surface area contributed by atoms with Gasteiger partial charge in [0.15, 0.2) is 0 Å². The molecular weight excluding hydrogens is 206 g/mol. The lowest BCUT2D eigenvalue weighted by Crippen LogP contribution is -2.15. The van der Waals surface area contributed by atoms with Gasteiger partial charge in [-0.05, 0) is 30.5 Å². The average molecular weight is 235 g/mol. The summed E-state index contributed by atoms with van der Waals surface area (Å²) >= 11 is 0. The Kier molecular flexibility index (Phi) is 8.79. The van der Waals surface area contributed by atoms with Crippen LogP contribution in [0.1, 0.15) is 70.5 Å². The van der Waals surface area contributed by atoms with Gasteiger partial charge in [0, 0.05) is 6.04 Å². The summed E-state index contributed by atoms with van der Waals surface area (Å²) in [6.45, 7) is 10.7. The largest absolute Gasteiger partial charge is 0.313 e. The maximum Gasteiger partial charge on any atom is 0.0317 e. The Balaban J connectivity index is 0.00000121. The zero-order valence-electron chi connectivity index (χ0n) is 12.4. The van der Waals surface area contributed by atoms with Gasteiger partial charge in [-0.15, -0.1) is 0 Å². The molecule has 0 aliphatic carbocycles. The SMILES string of the molecule is CC.CCCC(NC)c1ccc(C(C)C)cc1. The van der Waals surface area contributed by atoms with Crippen LogP contribution >= 0.6 is 0 Å². The summed E-state index contributed by atoms with van der Waals surface area (Å²) in [6.07, 6.45) is 2.43. The molecule has 1 nitrogen and oxygen atoms in total. The third kappa shape index (κ3) is 5.36. The molecule has 0 saturated carbocycles. The second-order valence-electron chi connectivity index (χ2n) is 4.45. The van der Waals surface area contributed by atoms with Crippen molar-refractivity contribution in [2.75, 3.05) is 7.05 Å². The van der Waals surface area contributed by atoms with Crippen molar-refractivity contribution in [1.29, 1.82) is 0 Å². The van der Waals surface area contributed by atoms with Crippen molar-refractivity contribution in [3.8, 4) is 0 Å². The molecule has 0 spiro atoms. The molecule has 0 heterocycles. The van der Waals surface area contributed by atoms with Gasteiger partial charge >= 0.3 is 0 Å². The number of rotatable bonds is 5. The second-order valence-corrected chi connectivity index (χ2v) is 4.45. The van der Waals surface area contributed by atoms with E-state index >= 15 is 0 Å². The van der Waals surface area contributed by atoms with Crippen molar-refractivity contribution in [3.05, 3.63) is 35.4 Å². The normalized spacial score (nSPS) is 11.9. The molecule has 0 bridgehead atoms. The van der Waals surface area contributed by atoms with Crippen LogP contribution in [0.4, 0.5) is 0 Å². The minimum Gasteiger partial charge on any atom is -0.313 e. The van der Waals surface area contributed by atoms with Gasteiger partial charge in [-0.3, -0.25) is 0 Å². The van der Waals surface area contributed by atoms with Crippen LogP contribution in [-0.4, -0.2) is 7.05 Å². The van der Waals surface area contributed by atoms with Crippen LogP contribution in [0.2, 0.25) is 0 Å². The first-order valence-corrected chi connectivity index (χ1v) is 6.96. The fourth-order valence-electron chi connectivity index (χ4n) is 1.88. The molecule has 1 N–H and O–H groups in total. The molecule has 1 aromatic rings. The lowest BCUT2D eigenvalue weighted by atomic mass is 9.97. The van der Waals surface area contributed by atoms with Gasteiger partial charge in [0.25, 0.3) is 0 Å². The Hall–Kier alpha value is -0.820. The van der Waals surface area contributed by atoms with Crippen molar-refractivity contribution >= 4 is 0 Å². The molecule has 17 heavy (non-hydrogen) atoms. The van der Waals surface area contributed by atoms with Gasteiger partial charge < -0.3 is 5.32 Å². The van der Waals surface area contributed by atoms with Gasteiger partial charge in [-0.2, -0.15) is 0 Å². The standard InChI is InChI=1S/C14H23N.C2H6/c1-5-6-14(15-4)13-9-7-12(8-10-13)11(2)3;1-2/h7-11,14-15H,5-6H2,1-4H3;1-2H3. The molecule has 0 aliphatic rings. The predicted octanol–water partition coefficient (Wildman–Crippen LogP) is 4.90. The Morgan fingerprint density at radius 1 is 1.00 bits per heavy atom. The quantitative estimate of drug-likeness (QED) is 0.765. The number of hydrogen-bond donors (Lipinski definition) is 1. The molecule has 0 fully saturated rings. The smallest absolute Gasteiger partial charge is 0.0317 e. The van der Waals surface area contributed by atoms with E-state index in [0.29, 0.717) is 12.0 Å². The van der Waals surface area contributed by atoms with Crippen molar-refractivity contribution in [3.63, 3.8) is 0 Å². The van der Waals surface area contributed by atoms with Gasteiger partial charge in [-0.1, -0.05) is 65.3 Å². The Labute approximate surface area is 108 Å². The van der Waals surface area contributed by atoms with E-state index in [-0.39, 0.29) is 0 Å². The molecule has 1 heteroatoms. The Bertz CT molecular complexity index is 274. The first-order chi connectivity index (χ1) is 8.19. The van der Waals surface area contributed by atoms with Crippen molar-refractivity contribution in [2.24, 2.45) is 0 Å². The minimum absolute atomic E-state index is 0.510. The first kappa shape index (κ1) is 16.2. The number of nitrogens with one attached hydrogen (secondary N) is 1. The summed E-state index contributed by atoms with van der Waals surface area (Å²) < 4.78 is 0. The van der Waals surface area contributed by atoms with E-state index in [2.05, 4.69) is 50.4 Å². The molecule has 0 radical (unpaired) electrons. The predicted molar refractivity (Wildman–Crippen MR) is 78.6 cm³/mol. The van der Waals surface area contributed by atoms with Crippen molar-refractivity contribution < 1.29 is 0 Å². The molecule has 1 unspecified atom stereocenters. The van der Waals surface area contributed by atoms with E-state index in [1.54, 1.807) is 0 Å². The van der Waals surface area contributed by atoms with E-state index in [1.807, 2.05) is 20.9 Å². The molecule has 0 saturated heterocycles. The number of benzene rings is 1. The van der Waals surface area contributed by atoms with E-state index in [1.165, 1.54) is 24.0 Å². The van der Waals surface area contributed by atoms with Gasteiger partial charge in [0.1, 0.15) is 0 Å². The van der Waals surface area contributed by atoms with Crippen LogP contribution < -0.4 is 5.32 Å². The topological polar surface area (TPSA) is 12.0 Å². The molecule has 0 aromatic heterocycles. The van der Waals surface area contributed by atoms with Crippen LogP contribution in [-0.2, 0) is 0 Å². The summed E-state index contributed by atoms with van der Waals surface area (Å²) in [6, 6.07) is 9.52. The fraction of sp³-hybridized carbons (Fsp3) is 0.625. The highest BCUT2D eigenvalue weighted by molar-refractivity contribution is 5.26. The highest BCUT2D eigenvalue weighted by atomic mass is 14.9. The summed E-state index contributed by atoms with van der Waals surface area (Å²) in [4.78, 5) is 0. The third-order valence-corrected chi connectivity index (χ3v) is 2.93. The monoisotopic (exact) mass is 235 g/mol. The summed E-state index contributed by atoms with van der Waals surface area (Å²) in [5.74, 6) is 0.623. The zero-order valence-corrected chi connectivity index (χ0v) is 12.4. The maximum absolute atomic E-state index is 3.37. The maximum atomic E-state index is 3.37. The average Bonchev–Trinajstić information content (AvgIpc) is 2.38. The van der Waals surface area contributed by atoms with E-state index in [4.69, 9.17) is 0 Å². The molecule has 0 aliphatic heterocycles. The van der Waals surface area contributed by atoms with Gasteiger partial charge in [0.2, 0.25) is 0 Å². The van der Waals surface area contributed by atoms with E-state index in [9.17, 15) is 0 Å². The highest BCUT2D eigenvalue weighted by Crippen LogP contribution is 2.21. The summed E-state index contributed by atoms with van der Waals surface area (Å²) in [5.41, 5.74) is 2.83. The van der Waals surface area contributed by atoms with Crippen molar-refractivity contribution in [2.45, 2.75) is 59.4 Å². The minimum atomic E-state index is 0.510. The van der Waals surface area contributed by atoms with Crippen LogP contribution in [0.15, 0.2) is 24.3 Å². The highest BCUT2D eigenvalue weighted by Gasteiger charge is 2.07. The van der Waals surface area contributed by atoms with Crippen LogP contribution in [0.5, 0.6) is 0 Å². The van der Waals surface area contributed by atoms with Gasteiger partial charge in [-0.25, -0.2) is 0 Å². The Morgan fingerprint density at radius 2 is 1.47 bits per heavy atom. The summed E-state index contributed by atoms with van der Waals surface area (Å²) in [7, 11) is 2.04. The third-order valence-electron chi connectivity index (χ3n) is 2.93. The molecule has 98 valence electrons. The molecule has 0 amide bonds. The first-order valence-electron chi connectivity index (χ1n) is 6.96. The number of hydrogen-bond acceptors (Lipinski definition) is 1. The molecule has 1 atom stereocenters. The van der Waals surface area contributed by atoms with Crippen molar-refractivity contribution in [1.82, 2.24) is 5.32 Å².